The molecule has 0 N–H and O–H groups in total. The van der Waals surface area contributed by atoms with Gasteiger partial charge in [-0.2, -0.15) is 26.3 Å². The van der Waals surface area contributed by atoms with Crippen LogP contribution in [-0.4, -0.2) is 22.6 Å². The number of thioether (sulfide) groups is 1. The van der Waals surface area contributed by atoms with E-state index >= 15 is 0 Å². The van der Waals surface area contributed by atoms with Crippen LogP contribution in [-0.2, 0) is 6.18 Å². The SMILES string of the molecule is C=C/C(C)=C(\C=C(/C)C(F)(F)F)N=C(C)c1ncc(C(F)(F)F)cc1SCC.CC(C)C. The minimum Gasteiger partial charge on any atom is -0.253 e. The zero-order chi connectivity index (χ0) is 25.3. The number of hydrogen-bond acceptors (Lipinski definition) is 3. The molecule has 32 heavy (non-hydrogen) atoms. The molecule has 0 saturated heterocycles. The number of allylic oxidation sites excluding steroid dienone is 4. The van der Waals surface area contributed by atoms with Crippen LogP contribution in [0.25, 0.3) is 0 Å². The number of hydrogen-bond donors (Lipinski definition) is 0. The highest BCUT2D eigenvalue weighted by Gasteiger charge is 2.32. The molecule has 2 nitrogen and oxygen atoms in total. The van der Waals surface area contributed by atoms with Crippen LogP contribution < -0.4 is 0 Å². The van der Waals surface area contributed by atoms with E-state index in [2.05, 4.69) is 37.3 Å². The highest BCUT2D eigenvalue weighted by molar-refractivity contribution is 7.99. The van der Waals surface area contributed by atoms with Crippen molar-refractivity contribution < 1.29 is 26.3 Å². The van der Waals surface area contributed by atoms with E-state index in [1.165, 1.54) is 13.0 Å². The van der Waals surface area contributed by atoms with Gasteiger partial charge in [0, 0.05) is 16.7 Å². The fourth-order valence-corrected chi connectivity index (χ4v) is 2.85. The van der Waals surface area contributed by atoms with Crippen molar-refractivity contribution in [1.29, 1.82) is 0 Å². The summed E-state index contributed by atoms with van der Waals surface area (Å²) in [6, 6.07) is 0.968. The van der Waals surface area contributed by atoms with Crippen molar-refractivity contribution in [3.8, 4) is 0 Å². The average molecular weight is 481 g/mol. The summed E-state index contributed by atoms with van der Waals surface area (Å²) in [6.45, 7) is 15.7. The summed E-state index contributed by atoms with van der Waals surface area (Å²) in [5, 5.41) is 0. The molecule has 0 aliphatic rings. The molecular formula is C23H30F6N2S. The summed E-state index contributed by atoms with van der Waals surface area (Å²) in [7, 11) is 0. The van der Waals surface area contributed by atoms with E-state index in [9.17, 15) is 26.3 Å². The molecule has 1 aromatic rings. The van der Waals surface area contributed by atoms with E-state index in [4.69, 9.17) is 0 Å². The standard InChI is InChI=1S/C19H20F6N2S.C4H10/c1-6-11(3)15(8-12(4)18(20,21)22)27-13(5)17-16(28-7-2)9-14(10-26-17)19(23,24)25;1-4(2)3/h6,8-10H,1,7H2,2-5H3;4H,1-3H3/b12-8+,15-11+,27-13?;. The maximum absolute atomic E-state index is 12.9. The molecule has 0 saturated carbocycles. The van der Waals surface area contributed by atoms with Crippen molar-refractivity contribution in [2.75, 3.05) is 5.75 Å². The van der Waals surface area contributed by atoms with Crippen molar-refractivity contribution in [2.45, 2.75) is 65.7 Å². The van der Waals surface area contributed by atoms with Gasteiger partial charge in [-0.1, -0.05) is 40.3 Å². The first-order valence-electron chi connectivity index (χ1n) is 9.89. The van der Waals surface area contributed by atoms with E-state index in [0.29, 0.717) is 17.5 Å². The summed E-state index contributed by atoms with van der Waals surface area (Å²) in [4.78, 5) is 8.32. The number of pyridine rings is 1. The fraction of sp³-hybridized carbons (Fsp3) is 0.478. The van der Waals surface area contributed by atoms with Crippen LogP contribution in [0.15, 0.2) is 57.7 Å². The van der Waals surface area contributed by atoms with Crippen LogP contribution in [0.2, 0.25) is 0 Å². The molecule has 0 fully saturated rings. The Kier molecular flexibility index (Phi) is 12.1. The lowest BCUT2D eigenvalue weighted by Crippen LogP contribution is -2.10. The maximum atomic E-state index is 12.9. The number of aliphatic imine (C=N–C) groups is 1. The Morgan fingerprint density at radius 2 is 1.66 bits per heavy atom. The third kappa shape index (κ3) is 10.5. The molecular weight excluding hydrogens is 450 g/mol. The Balaban J connectivity index is 0.00000220. The molecule has 0 bridgehead atoms. The molecule has 0 radical (unpaired) electrons. The third-order valence-corrected chi connectivity index (χ3v) is 4.53. The quantitative estimate of drug-likeness (QED) is 0.176. The van der Waals surface area contributed by atoms with Gasteiger partial charge in [0.15, 0.2) is 0 Å². The lowest BCUT2D eigenvalue weighted by Gasteiger charge is -2.13. The molecule has 0 aromatic carbocycles. The van der Waals surface area contributed by atoms with Gasteiger partial charge < -0.3 is 0 Å². The second-order valence-electron chi connectivity index (χ2n) is 7.53. The third-order valence-electron chi connectivity index (χ3n) is 3.62. The monoisotopic (exact) mass is 480 g/mol. The first kappa shape index (κ1) is 30.0. The van der Waals surface area contributed by atoms with Crippen molar-refractivity contribution in [3.63, 3.8) is 0 Å². The minimum absolute atomic E-state index is 0.0106. The zero-order valence-electron chi connectivity index (χ0n) is 19.4. The van der Waals surface area contributed by atoms with Crippen molar-refractivity contribution in [3.05, 3.63) is 59.1 Å². The van der Waals surface area contributed by atoms with Gasteiger partial charge in [0.2, 0.25) is 0 Å². The number of halogens is 6. The van der Waals surface area contributed by atoms with Crippen molar-refractivity contribution >= 4 is 17.5 Å². The average Bonchev–Trinajstić information content (AvgIpc) is 2.64. The minimum atomic E-state index is -4.54. The molecule has 0 atom stereocenters. The van der Waals surface area contributed by atoms with Crippen LogP contribution in [0, 0.1) is 5.92 Å². The Bertz CT molecular complexity index is 859. The lowest BCUT2D eigenvalue weighted by atomic mass is 10.1. The molecule has 0 amide bonds. The summed E-state index contributed by atoms with van der Waals surface area (Å²) >= 11 is 1.14. The molecule has 9 heteroatoms. The highest BCUT2D eigenvalue weighted by Crippen LogP contribution is 2.33. The fourth-order valence-electron chi connectivity index (χ4n) is 2.00. The predicted molar refractivity (Wildman–Crippen MR) is 121 cm³/mol. The van der Waals surface area contributed by atoms with Gasteiger partial charge in [0.1, 0.15) is 0 Å². The second kappa shape index (κ2) is 12.9. The molecule has 0 spiro atoms. The largest absolute Gasteiger partial charge is 0.417 e. The van der Waals surface area contributed by atoms with Gasteiger partial charge in [-0.15, -0.1) is 11.8 Å². The molecule has 0 aliphatic heterocycles. The molecule has 180 valence electrons. The molecule has 1 rings (SSSR count). The summed E-state index contributed by atoms with van der Waals surface area (Å²) in [5.74, 6) is 1.32. The normalized spacial score (nSPS) is 14.1. The lowest BCUT2D eigenvalue weighted by molar-refractivity contribution is -0.138. The molecule has 0 unspecified atom stereocenters. The Labute approximate surface area is 190 Å². The summed E-state index contributed by atoms with van der Waals surface area (Å²) in [5.41, 5.74) is -0.968. The molecule has 1 aromatic heterocycles. The Morgan fingerprint density at radius 1 is 1.12 bits per heavy atom. The van der Waals surface area contributed by atoms with Crippen LogP contribution in [0.3, 0.4) is 0 Å². The number of aromatic nitrogens is 1. The van der Waals surface area contributed by atoms with E-state index in [1.54, 1.807) is 13.8 Å². The van der Waals surface area contributed by atoms with Gasteiger partial charge in [-0.25, -0.2) is 0 Å². The van der Waals surface area contributed by atoms with Crippen molar-refractivity contribution in [2.24, 2.45) is 10.9 Å². The number of alkyl halides is 6. The van der Waals surface area contributed by atoms with E-state index in [-0.39, 0.29) is 22.0 Å². The first-order valence-corrected chi connectivity index (χ1v) is 10.9. The van der Waals surface area contributed by atoms with Crippen LogP contribution in [0.5, 0.6) is 0 Å². The van der Waals surface area contributed by atoms with Gasteiger partial charge in [0.05, 0.1) is 22.7 Å². The molecule has 1 heterocycles. The Hall–Kier alpha value is -2.03. The zero-order valence-corrected chi connectivity index (χ0v) is 20.2. The second-order valence-corrected chi connectivity index (χ2v) is 8.83. The first-order chi connectivity index (χ1) is 14.5. The molecule has 0 aliphatic carbocycles. The number of nitrogens with zero attached hydrogens (tertiary/aromatic N) is 2. The van der Waals surface area contributed by atoms with Gasteiger partial charge in [0.25, 0.3) is 0 Å². The summed E-state index contributed by atoms with van der Waals surface area (Å²) in [6.07, 6.45) is -6.15. The van der Waals surface area contributed by atoms with Gasteiger partial charge in [-0.05, 0) is 50.2 Å². The highest BCUT2D eigenvalue weighted by atomic mass is 32.2. The Morgan fingerprint density at radius 3 is 2.06 bits per heavy atom. The maximum Gasteiger partial charge on any atom is 0.417 e. The van der Waals surface area contributed by atoms with Crippen LogP contribution in [0.4, 0.5) is 26.3 Å². The summed E-state index contributed by atoms with van der Waals surface area (Å²) < 4.78 is 77.4. The number of rotatable bonds is 6. The van der Waals surface area contributed by atoms with Crippen molar-refractivity contribution in [1.82, 2.24) is 4.98 Å². The van der Waals surface area contributed by atoms with Crippen LogP contribution >= 0.6 is 11.8 Å². The van der Waals surface area contributed by atoms with Crippen LogP contribution in [0.1, 0.15) is 59.7 Å². The van der Waals surface area contributed by atoms with E-state index in [1.807, 2.05) is 0 Å². The van der Waals surface area contributed by atoms with Gasteiger partial charge in [-0.3, -0.25) is 9.98 Å². The van der Waals surface area contributed by atoms with E-state index < -0.39 is 23.5 Å². The topological polar surface area (TPSA) is 25.2 Å². The van der Waals surface area contributed by atoms with E-state index in [0.717, 1.165) is 36.7 Å². The van der Waals surface area contributed by atoms with Gasteiger partial charge >= 0.3 is 12.4 Å². The smallest absolute Gasteiger partial charge is 0.253 e. The predicted octanol–water partition coefficient (Wildman–Crippen LogP) is 8.65.